The number of aromatic nitrogens is 1. The van der Waals surface area contributed by atoms with Gasteiger partial charge in [0.1, 0.15) is 5.69 Å². The molecule has 1 atom stereocenters. The molecular weight excluding hydrogens is 381 g/mol. The molecule has 0 unspecified atom stereocenters. The third-order valence-electron chi connectivity index (χ3n) is 5.33. The van der Waals surface area contributed by atoms with Gasteiger partial charge in [-0.1, -0.05) is 32.4 Å². The number of likely N-dealkylation sites (tertiary alicyclic amines) is 1. The molecule has 2 aromatic rings. The Labute approximate surface area is 168 Å². The molecule has 7 heteroatoms. The van der Waals surface area contributed by atoms with Crippen molar-refractivity contribution < 1.29 is 18.0 Å². The minimum Gasteiger partial charge on any atom is -0.338 e. The number of benzene rings is 1. The summed E-state index contributed by atoms with van der Waals surface area (Å²) < 4.78 is 42.4. The van der Waals surface area contributed by atoms with Gasteiger partial charge in [-0.25, -0.2) is 0 Å². The molecule has 0 N–H and O–H groups in total. The van der Waals surface area contributed by atoms with Gasteiger partial charge in [-0.3, -0.25) is 9.59 Å². The number of aryl methyl sites for hydroxylation is 1. The molecule has 0 aliphatic carbocycles. The molecule has 1 aromatic heterocycles. The Bertz CT molecular complexity index is 986. The lowest BCUT2D eigenvalue weighted by Gasteiger charge is -2.30. The summed E-state index contributed by atoms with van der Waals surface area (Å²) in [7, 11) is 0. The van der Waals surface area contributed by atoms with E-state index in [0.29, 0.717) is 25.5 Å². The van der Waals surface area contributed by atoms with Gasteiger partial charge >= 0.3 is 6.18 Å². The van der Waals surface area contributed by atoms with Crippen molar-refractivity contribution >= 4 is 16.8 Å². The van der Waals surface area contributed by atoms with Gasteiger partial charge in [-0.15, -0.1) is 0 Å². The van der Waals surface area contributed by atoms with E-state index in [2.05, 4.69) is 0 Å². The normalized spacial score (nSPS) is 17.9. The topological polar surface area (TPSA) is 42.3 Å². The smallest absolute Gasteiger partial charge is 0.338 e. The molecule has 3 rings (SSSR count). The molecule has 1 aromatic carbocycles. The number of rotatable bonds is 3. The van der Waals surface area contributed by atoms with E-state index in [1.165, 1.54) is 4.57 Å². The minimum absolute atomic E-state index is 0.0184. The Balaban J connectivity index is 2.05. The first-order chi connectivity index (χ1) is 13.4. The fourth-order valence-electron chi connectivity index (χ4n) is 4.04. The Kier molecular flexibility index (Phi) is 5.54. The third kappa shape index (κ3) is 4.65. The summed E-state index contributed by atoms with van der Waals surface area (Å²) in [6.45, 7) is 8.27. The Morgan fingerprint density at radius 3 is 2.48 bits per heavy atom. The molecule has 0 radical (unpaired) electrons. The van der Waals surface area contributed by atoms with Crippen LogP contribution in [0.2, 0.25) is 0 Å². The van der Waals surface area contributed by atoms with E-state index in [0.717, 1.165) is 12.0 Å². The predicted octanol–water partition coefficient (Wildman–Crippen LogP) is 4.76. The number of hydrogen-bond donors (Lipinski definition) is 0. The average Bonchev–Trinajstić information content (AvgIpc) is 3.03. The van der Waals surface area contributed by atoms with Crippen LogP contribution in [0.5, 0.6) is 0 Å². The summed E-state index contributed by atoms with van der Waals surface area (Å²) in [6.07, 6.45) is -2.90. The first-order valence-corrected chi connectivity index (χ1v) is 9.88. The quantitative estimate of drug-likeness (QED) is 0.735. The second kappa shape index (κ2) is 7.50. The van der Waals surface area contributed by atoms with E-state index in [9.17, 15) is 22.8 Å². The van der Waals surface area contributed by atoms with Crippen molar-refractivity contribution in [1.82, 2.24) is 9.47 Å². The van der Waals surface area contributed by atoms with Crippen LogP contribution in [0.25, 0.3) is 10.9 Å². The second-order valence-corrected chi connectivity index (χ2v) is 9.14. The van der Waals surface area contributed by atoms with Crippen LogP contribution >= 0.6 is 0 Å². The highest BCUT2D eigenvalue weighted by atomic mass is 19.4. The number of halogens is 3. The van der Waals surface area contributed by atoms with Crippen LogP contribution in [-0.4, -0.2) is 28.0 Å². The maximum Gasteiger partial charge on any atom is 0.431 e. The van der Waals surface area contributed by atoms with Crippen molar-refractivity contribution in [2.45, 2.75) is 65.7 Å². The van der Waals surface area contributed by atoms with Crippen LogP contribution in [0.1, 0.15) is 51.3 Å². The number of alkyl halides is 3. The summed E-state index contributed by atoms with van der Waals surface area (Å²) >= 11 is 0. The number of fused-ring (bicyclic) bond motifs is 1. The van der Waals surface area contributed by atoms with Gasteiger partial charge in [0, 0.05) is 37.0 Å². The van der Waals surface area contributed by atoms with E-state index >= 15 is 0 Å². The van der Waals surface area contributed by atoms with Gasteiger partial charge in [-0.05, 0) is 37.3 Å². The van der Waals surface area contributed by atoms with Gasteiger partial charge in [0.25, 0.3) is 0 Å². The molecule has 2 heterocycles. The maximum atomic E-state index is 13.7. The van der Waals surface area contributed by atoms with E-state index < -0.39 is 17.3 Å². The standard InChI is InChI=1S/C22H27F3N2O2/c1-14-7-8-17-16(10-14)18(28)11-19(22(23,24)25)27(17)13-15-6-5-9-26(15)20(29)12-21(2,3)4/h7-8,10-11,15H,5-6,9,12-13H2,1-4H3/t15-/m1/s1. The molecule has 29 heavy (non-hydrogen) atoms. The second-order valence-electron chi connectivity index (χ2n) is 9.14. The molecule has 158 valence electrons. The third-order valence-corrected chi connectivity index (χ3v) is 5.33. The number of carbonyl (C=O) groups excluding carboxylic acids is 1. The van der Waals surface area contributed by atoms with Crippen molar-refractivity contribution in [3.05, 3.63) is 45.7 Å². The highest BCUT2D eigenvalue weighted by molar-refractivity contribution is 5.80. The average molecular weight is 408 g/mol. The van der Waals surface area contributed by atoms with E-state index in [1.807, 2.05) is 20.8 Å². The lowest BCUT2D eigenvalue weighted by atomic mass is 9.91. The van der Waals surface area contributed by atoms with Crippen LogP contribution in [0, 0.1) is 12.3 Å². The predicted molar refractivity (Wildman–Crippen MR) is 107 cm³/mol. The van der Waals surface area contributed by atoms with Gasteiger partial charge in [0.05, 0.1) is 5.52 Å². The summed E-state index contributed by atoms with van der Waals surface area (Å²) in [5.74, 6) is -0.0326. The molecule has 0 bridgehead atoms. The molecular formula is C22H27F3N2O2. The number of carbonyl (C=O) groups is 1. The van der Waals surface area contributed by atoms with E-state index in [-0.39, 0.29) is 34.8 Å². The van der Waals surface area contributed by atoms with Crippen LogP contribution in [0.4, 0.5) is 13.2 Å². The molecule has 0 spiro atoms. The van der Waals surface area contributed by atoms with Crippen molar-refractivity contribution in [2.75, 3.05) is 6.54 Å². The summed E-state index contributed by atoms with van der Waals surface area (Å²) in [4.78, 5) is 26.8. The maximum absolute atomic E-state index is 13.7. The molecule has 1 amide bonds. The van der Waals surface area contributed by atoms with E-state index in [1.54, 1.807) is 30.0 Å². The van der Waals surface area contributed by atoms with Gasteiger partial charge in [0.2, 0.25) is 5.91 Å². The fraction of sp³-hybridized carbons (Fsp3) is 0.545. The molecule has 4 nitrogen and oxygen atoms in total. The molecule has 1 saturated heterocycles. The van der Waals surface area contributed by atoms with Crippen molar-refractivity contribution in [3.63, 3.8) is 0 Å². The Morgan fingerprint density at radius 2 is 1.86 bits per heavy atom. The lowest BCUT2D eigenvalue weighted by molar-refractivity contribution is -0.144. The van der Waals surface area contributed by atoms with Gasteiger partial charge in [0.15, 0.2) is 5.43 Å². The molecule has 1 aliphatic rings. The first kappa shape index (κ1) is 21.4. The molecule has 0 saturated carbocycles. The fourth-order valence-corrected chi connectivity index (χ4v) is 4.04. The monoisotopic (exact) mass is 408 g/mol. The van der Waals surface area contributed by atoms with Crippen LogP contribution in [0.15, 0.2) is 29.1 Å². The Morgan fingerprint density at radius 1 is 1.17 bits per heavy atom. The number of pyridine rings is 1. The van der Waals surface area contributed by atoms with Crippen LogP contribution in [0.3, 0.4) is 0 Å². The van der Waals surface area contributed by atoms with Crippen LogP contribution < -0.4 is 5.43 Å². The van der Waals surface area contributed by atoms with Crippen LogP contribution in [-0.2, 0) is 17.5 Å². The summed E-state index contributed by atoms with van der Waals surface area (Å²) in [5.41, 5.74) is -0.731. The largest absolute Gasteiger partial charge is 0.431 e. The van der Waals surface area contributed by atoms with Gasteiger partial charge < -0.3 is 9.47 Å². The number of hydrogen-bond acceptors (Lipinski definition) is 2. The highest BCUT2D eigenvalue weighted by Gasteiger charge is 2.37. The van der Waals surface area contributed by atoms with Crippen molar-refractivity contribution in [2.24, 2.45) is 5.41 Å². The lowest BCUT2D eigenvalue weighted by Crippen LogP contribution is -2.40. The summed E-state index contributed by atoms with van der Waals surface area (Å²) in [5, 5.41) is 0.267. The zero-order valence-electron chi connectivity index (χ0n) is 17.3. The van der Waals surface area contributed by atoms with Crippen molar-refractivity contribution in [3.8, 4) is 0 Å². The zero-order valence-corrected chi connectivity index (χ0v) is 17.3. The molecule has 1 fully saturated rings. The SMILES string of the molecule is Cc1ccc2c(c1)c(=O)cc(C(F)(F)F)n2C[C@H]1CCCN1C(=O)CC(C)(C)C. The van der Waals surface area contributed by atoms with E-state index in [4.69, 9.17) is 0 Å². The van der Waals surface area contributed by atoms with Gasteiger partial charge in [-0.2, -0.15) is 13.2 Å². The summed E-state index contributed by atoms with van der Waals surface area (Å²) in [6, 6.07) is 5.24. The zero-order chi connectivity index (χ0) is 21.6. The first-order valence-electron chi connectivity index (χ1n) is 9.88. The number of amides is 1. The minimum atomic E-state index is -4.66. The van der Waals surface area contributed by atoms with Crippen molar-refractivity contribution in [1.29, 1.82) is 0 Å². The highest BCUT2D eigenvalue weighted by Crippen LogP contribution is 2.33. The Hall–Kier alpha value is -2.31. The molecule has 1 aliphatic heterocycles. The number of nitrogens with zero attached hydrogens (tertiary/aromatic N) is 2.